The van der Waals surface area contributed by atoms with Gasteiger partial charge in [0.15, 0.2) is 0 Å². The van der Waals surface area contributed by atoms with Crippen LogP contribution in [0.25, 0.3) is 0 Å². The van der Waals surface area contributed by atoms with Gasteiger partial charge in [-0.25, -0.2) is 9.59 Å². The van der Waals surface area contributed by atoms with Crippen LogP contribution in [0.4, 0.5) is 0 Å². The zero-order valence-electron chi connectivity index (χ0n) is 9.39. The molecule has 0 fully saturated rings. The van der Waals surface area contributed by atoms with Crippen LogP contribution in [-0.2, 0) is 13.0 Å². The molecule has 1 aromatic heterocycles. The van der Waals surface area contributed by atoms with Gasteiger partial charge in [-0.15, -0.1) is 0 Å². The number of rotatable bonds is 4. The van der Waals surface area contributed by atoms with E-state index in [0.717, 1.165) is 5.56 Å². The second-order valence-corrected chi connectivity index (χ2v) is 4.25. The second kappa shape index (κ2) is 5.10. The number of carboxylic acids is 1. The van der Waals surface area contributed by atoms with Crippen molar-refractivity contribution in [2.45, 2.75) is 13.0 Å². The number of imidazole rings is 1. The maximum atomic E-state index is 11.4. The molecule has 0 saturated carbocycles. The lowest BCUT2D eigenvalue weighted by Crippen LogP contribution is -2.22. The van der Waals surface area contributed by atoms with Crippen LogP contribution >= 0.6 is 11.6 Å². The molecule has 94 valence electrons. The highest BCUT2D eigenvalue weighted by molar-refractivity contribution is 6.30. The van der Waals surface area contributed by atoms with Gasteiger partial charge in [0.1, 0.15) is 5.69 Å². The number of carbonyl (C=O) groups is 1. The summed E-state index contributed by atoms with van der Waals surface area (Å²) in [4.78, 5) is 24.7. The lowest BCUT2D eigenvalue weighted by molar-refractivity contribution is 0.0684. The molecule has 0 aliphatic carbocycles. The number of hydrogen-bond donors (Lipinski definition) is 2. The Hall–Kier alpha value is -2.01. The molecule has 2 aromatic rings. The lowest BCUT2D eigenvalue weighted by atomic mass is 10.1. The number of nitrogens with zero attached hydrogens (tertiary/aromatic N) is 1. The number of halogens is 1. The van der Waals surface area contributed by atoms with Gasteiger partial charge in [0.25, 0.3) is 0 Å². The van der Waals surface area contributed by atoms with Gasteiger partial charge >= 0.3 is 11.7 Å². The highest BCUT2D eigenvalue weighted by atomic mass is 35.5. The van der Waals surface area contributed by atoms with E-state index in [0.29, 0.717) is 18.0 Å². The molecule has 0 radical (unpaired) electrons. The Morgan fingerprint density at radius 1 is 1.33 bits per heavy atom. The summed E-state index contributed by atoms with van der Waals surface area (Å²) in [7, 11) is 0. The van der Waals surface area contributed by atoms with E-state index in [9.17, 15) is 9.59 Å². The van der Waals surface area contributed by atoms with E-state index in [1.165, 1.54) is 10.8 Å². The maximum Gasteiger partial charge on any atom is 0.354 e. The van der Waals surface area contributed by atoms with E-state index in [2.05, 4.69) is 4.98 Å². The van der Waals surface area contributed by atoms with E-state index in [-0.39, 0.29) is 5.69 Å². The fourth-order valence-electron chi connectivity index (χ4n) is 1.69. The van der Waals surface area contributed by atoms with Crippen molar-refractivity contribution in [1.29, 1.82) is 0 Å². The summed E-state index contributed by atoms with van der Waals surface area (Å²) in [5.74, 6) is -1.12. The molecular weight excluding hydrogens is 256 g/mol. The molecule has 0 aliphatic rings. The maximum absolute atomic E-state index is 11.4. The minimum absolute atomic E-state index is 0.0334. The smallest absolute Gasteiger partial charge is 0.354 e. The Morgan fingerprint density at radius 2 is 2.00 bits per heavy atom. The molecule has 0 unspecified atom stereocenters. The van der Waals surface area contributed by atoms with Crippen LogP contribution in [-0.4, -0.2) is 20.6 Å². The van der Waals surface area contributed by atoms with Gasteiger partial charge in [-0.05, 0) is 24.1 Å². The van der Waals surface area contributed by atoms with Crippen molar-refractivity contribution in [3.63, 3.8) is 0 Å². The number of aromatic nitrogens is 2. The molecule has 2 N–H and O–H groups in total. The molecule has 2 rings (SSSR count). The second-order valence-electron chi connectivity index (χ2n) is 3.81. The van der Waals surface area contributed by atoms with Gasteiger partial charge in [-0.1, -0.05) is 23.7 Å². The van der Waals surface area contributed by atoms with Gasteiger partial charge in [0, 0.05) is 17.8 Å². The normalized spacial score (nSPS) is 10.5. The lowest BCUT2D eigenvalue weighted by Gasteiger charge is -2.04. The van der Waals surface area contributed by atoms with E-state index >= 15 is 0 Å². The Bertz CT molecular complexity index is 613. The number of benzene rings is 1. The molecule has 0 aliphatic heterocycles. The van der Waals surface area contributed by atoms with Gasteiger partial charge in [0.05, 0.1) is 0 Å². The molecule has 0 bridgehead atoms. The number of carboxylic acid groups (broad SMARTS) is 1. The van der Waals surface area contributed by atoms with Crippen molar-refractivity contribution in [1.82, 2.24) is 9.55 Å². The minimum atomic E-state index is -1.12. The van der Waals surface area contributed by atoms with E-state index in [1.807, 2.05) is 12.1 Å². The topological polar surface area (TPSA) is 75.1 Å². The fourth-order valence-corrected chi connectivity index (χ4v) is 1.81. The van der Waals surface area contributed by atoms with Crippen molar-refractivity contribution in [3.05, 3.63) is 57.2 Å². The van der Waals surface area contributed by atoms with Gasteiger partial charge in [0.2, 0.25) is 0 Å². The number of aromatic amines is 1. The van der Waals surface area contributed by atoms with Crippen LogP contribution < -0.4 is 5.69 Å². The quantitative estimate of drug-likeness (QED) is 0.886. The first-order chi connectivity index (χ1) is 8.58. The summed E-state index contributed by atoms with van der Waals surface area (Å²) in [6.07, 6.45) is 1.77. The predicted molar refractivity (Wildman–Crippen MR) is 67.2 cm³/mol. The van der Waals surface area contributed by atoms with E-state index in [1.54, 1.807) is 12.1 Å². The van der Waals surface area contributed by atoms with Gasteiger partial charge in [-0.2, -0.15) is 0 Å². The average molecular weight is 267 g/mol. The minimum Gasteiger partial charge on any atom is -0.477 e. The summed E-state index contributed by atoms with van der Waals surface area (Å²) in [5.41, 5.74) is 0.541. The summed E-state index contributed by atoms with van der Waals surface area (Å²) in [6.45, 7) is 0.311. The average Bonchev–Trinajstić information content (AvgIpc) is 2.70. The van der Waals surface area contributed by atoms with Gasteiger partial charge < -0.3 is 10.1 Å². The highest BCUT2D eigenvalue weighted by Gasteiger charge is 2.12. The SMILES string of the molecule is O=C(O)c1c[nH]c(=O)n1CCc1ccc(Cl)cc1. The third kappa shape index (κ3) is 2.62. The standard InChI is InChI=1S/C12H11ClN2O3/c13-9-3-1-8(2-4-9)5-6-15-10(11(16)17)7-14-12(15)18/h1-4,7H,5-6H2,(H,14,18)(H,16,17). The summed E-state index contributed by atoms with van der Waals surface area (Å²) in [5, 5.41) is 9.56. The largest absolute Gasteiger partial charge is 0.477 e. The van der Waals surface area contributed by atoms with Gasteiger partial charge in [-0.3, -0.25) is 4.57 Å². The van der Waals surface area contributed by atoms with Crippen molar-refractivity contribution in [2.75, 3.05) is 0 Å². The number of nitrogens with one attached hydrogen (secondary N) is 1. The first kappa shape index (κ1) is 12.4. The first-order valence-corrected chi connectivity index (χ1v) is 5.71. The third-order valence-corrected chi connectivity index (χ3v) is 2.88. The Balaban J connectivity index is 2.15. The van der Waals surface area contributed by atoms with Crippen LogP contribution in [0.5, 0.6) is 0 Å². The van der Waals surface area contributed by atoms with Crippen molar-refractivity contribution in [3.8, 4) is 0 Å². The molecule has 0 spiro atoms. The van der Waals surface area contributed by atoms with E-state index in [4.69, 9.17) is 16.7 Å². The molecule has 6 heteroatoms. The van der Waals surface area contributed by atoms with Crippen molar-refractivity contribution >= 4 is 17.6 Å². The van der Waals surface area contributed by atoms with Crippen molar-refractivity contribution in [2.24, 2.45) is 0 Å². The van der Waals surface area contributed by atoms with Crippen LogP contribution in [0.1, 0.15) is 16.1 Å². The molecule has 1 heterocycles. The molecule has 0 amide bonds. The molecule has 0 atom stereocenters. The molecule has 5 nitrogen and oxygen atoms in total. The molecule has 1 aromatic carbocycles. The number of H-pyrrole nitrogens is 1. The zero-order valence-corrected chi connectivity index (χ0v) is 10.1. The summed E-state index contributed by atoms with van der Waals surface area (Å²) in [6, 6.07) is 7.21. The number of hydrogen-bond acceptors (Lipinski definition) is 2. The van der Waals surface area contributed by atoms with E-state index < -0.39 is 11.7 Å². The Kier molecular flexibility index (Phi) is 3.53. The third-order valence-electron chi connectivity index (χ3n) is 2.62. The van der Waals surface area contributed by atoms with Crippen LogP contribution in [0.15, 0.2) is 35.3 Å². The van der Waals surface area contributed by atoms with Crippen molar-refractivity contribution < 1.29 is 9.90 Å². The van der Waals surface area contributed by atoms with Crippen LogP contribution in [0.3, 0.4) is 0 Å². The number of aryl methyl sites for hydroxylation is 1. The van der Waals surface area contributed by atoms with Crippen LogP contribution in [0, 0.1) is 0 Å². The Morgan fingerprint density at radius 3 is 2.61 bits per heavy atom. The molecular formula is C12H11ClN2O3. The molecule has 18 heavy (non-hydrogen) atoms. The Labute approximate surface area is 108 Å². The predicted octanol–water partition coefficient (Wildman–Crippen LogP) is 1.77. The number of aromatic carboxylic acids is 1. The highest BCUT2D eigenvalue weighted by Crippen LogP contribution is 2.10. The summed E-state index contributed by atoms with van der Waals surface area (Å²) >= 11 is 5.77. The first-order valence-electron chi connectivity index (χ1n) is 5.34. The van der Waals surface area contributed by atoms with Crippen LogP contribution in [0.2, 0.25) is 5.02 Å². The fraction of sp³-hybridized carbons (Fsp3) is 0.167. The summed E-state index contributed by atoms with van der Waals surface area (Å²) < 4.78 is 1.21. The molecule has 0 saturated heterocycles. The monoisotopic (exact) mass is 266 g/mol. The zero-order chi connectivity index (χ0) is 13.1.